The first-order chi connectivity index (χ1) is 13.5. The van der Waals surface area contributed by atoms with Crippen molar-refractivity contribution >= 4 is 51.7 Å². The molecule has 0 aliphatic carbocycles. The topological polar surface area (TPSA) is 92.3 Å². The van der Waals surface area contributed by atoms with Gasteiger partial charge in [0, 0.05) is 49.3 Å². The Labute approximate surface area is 195 Å². The van der Waals surface area contributed by atoms with Crippen LogP contribution in [0.3, 0.4) is 0 Å². The highest BCUT2D eigenvalue weighted by atomic mass is 127. The third kappa shape index (κ3) is 8.38. The fraction of sp³-hybridized carbons (Fsp3) is 0.611. The van der Waals surface area contributed by atoms with Crippen LogP contribution >= 0.6 is 35.7 Å². The number of rotatable bonds is 9. The first-order valence-corrected chi connectivity index (χ1v) is 12.0. The molecule has 0 radical (unpaired) electrons. The Morgan fingerprint density at radius 1 is 1.21 bits per heavy atom. The van der Waals surface area contributed by atoms with Crippen LogP contribution in [0.15, 0.2) is 23.2 Å². The number of hydrogen-bond acceptors (Lipinski definition) is 6. The van der Waals surface area contributed by atoms with E-state index >= 15 is 0 Å². The Hall–Kier alpha value is -0.920. The maximum Gasteiger partial charge on any atom is 0.215 e. The zero-order valence-corrected chi connectivity index (χ0v) is 21.1. The Bertz CT molecular complexity index is 756. The van der Waals surface area contributed by atoms with Crippen LogP contribution in [0.25, 0.3) is 0 Å². The van der Waals surface area contributed by atoms with Crippen molar-refractivity contribution in [2.75, 3.05) is 57.7 Å². The summed E-state index contributed by atoms with van der Waals surface area (Å²) in [5, 5.41) is 6.25. The van der Waals surface area contributed by atoms with E-state index < -0.39 is 10.0 Å². The summed E-state index contributed by atoms with van der Waals surface area (Å²) < 4.78 is 37.1. The van der Waals surface area contributed by atoms with Crippen molar-refractivity contribution in [1.82, 2.24) is 14.9 Å². The molecule has 29 heavy (non-hydrogen) atoms. The van der Waals surface area contributed by atoms with Gasteiger partial charge in [-0.2, -0.15) is 11.8 Å². The van der Waals surface area contributed by atoms with E-state index in [1.807, 2.05) is 25.1 Å². The summed E-state index contributed by atoms with van der Waals surface area (Å²) in [6.07, 6.45) is 0. The highest BCUT2D eigenvalue weighted by Gasteiger charge is 2.23. The molecule has 0 aromatic heterocycles. The lowest BCUT2D eigenvalue weighted by atomic mass is 10.2. The number of aliphatic imine (C=N–C) groups is 1. The third-order valence-electron chi connectivity index (χ3n) is 4.26. The molecule has 0 atom stereocenters. The maximum absolute atomic E-state index is 12.4. The van der Waals surface area contributed by atoms with Crippen molar-refractivity contribution < 1.29 is 17.9 Å². The summed E-state index contributed by atoms with van der Waals surface area (Å²) in [6.45, 7) is 4.54. The summed E-state index contributed by atoms with van der Waals surface area (Å²) in [4.78, 5) is 4.54. The van der Waals surface area contributed by atoms with Crippen LogP contribution < -0.4 is 20.1 Å². The molecule has 1 fully saturated rings. The fourth-order valence-corrected chi connectivity index (χ4v) is 5.23. The monoisotopic (exact) mass is 558 g/mol. The van der Waals surface area contributed by atoms with Gasteiger partial charge >= 0.3 is 0 Å². The van der Waals surface area contributed by atoms with Crippen molar-refractivity contribution in [2.24, 2.45) is 4.99 Å². The van der Waals surface area contributed by atoms with E-state index in [2.05, 4.69) is 15.6 Å². The Morgan fingerprint density at radius 3 is 2.55 bits per heavy atom. The van der Waals surface area contributed by atoms with Gasteiger partial charge < -0.3 is 20.1 Å². The van der Waals surface area contributed by atoms with Crippen molar-refractivity contribution in [3.05, 3.63) is 23.8 Å². The number of hydrogen-bond donors (Lipinski definition) is 2. The molecule has 1 aliphatic heterocycles. The van der Waals surface area contributed by atoms with Gasteiger partial charge in [-0.1, -0.05) is 0 Å². The third-order valence-corrected chi connectivity index (χ3v) is 7.08. The van der Waals surface area contributed by atoms with Crippen molar-refractivity contribution in [3.63, 3.8) is 0 Å². The second-order valence-electron chi connectivity index (χ2n) is 6.13. The van der Waals surface area contributed by atoms with Gasteiger partial charge in [-0.15, -0.1) is 24.0 Å². The number of methoxy groups -OCH3 is 2. The summed E-state index contributed by atoms with van der Waals surface area (Å²) in [7, 11) is -0.0243. The van der Waals surface area contributed by atoms with Crippen LogP contribution in [0.5, 0.6) is 11.5 Å². The highest BCUT2D eigenvalue weighted by molar-refractivity contribution is 14.0. The lowest BCUT2D eigenvalue weighted by Crippen LogP contribution is -2.44. The molecule has 2 N–H and O–H groups in total. The quantitative estimate of drug-likeness (QED) is 0.271. The molecule has 1 heterocycles. The van der Waals surface area contributed by atoms with Gasteiger partial charge in [-0.3, -0.25) is 0 Å². The molecule has 1 aliphatic rings. The highest BCUT2D eigenvalue weighted by Crippen LogP contribution is 2.25. The number of ether oxygens (including phenoxy) is 2. The Kier molecular flexibility index (Phi) is 12.1. The van der Waals surface area contributed by atoms with Gasteiger partial charge in [0.05, 0.1) is 26.5 Å². The van der Waals surface area contributed by atoms with E-state index in [0.29, 0.717) is 44.4 Å². The van der Waals surface area contributed by atoms with Crippen molar-refractivity contribution in [1.29, 1.82) is 0 Å². The Balaban J connectivity index is 0.00000420. The van der Waals surface area contributed by atoms with Gasteiger partial charge in [0.15, 0.2) is 5.96 Å². The predicted molar refractivity (Wildman–Crippen MR) is 130 cm³/mol. The minimum atomic E-state index is -3.24. The van der Waals surface area contributed by atoms with Crippen molar-refractivity contribution in [2.45, 2.75) is 13.5 Å². The van der Waals surface area contributed by atoms with Crippen LogP contribution in [0.4, 0.5) is 0 Å². The normalized spacial score (nSPS) is 15.3. The number of nitrogens with one attached hydrogen (secondary N) is 2. The molecule has 2 rings (SSSR count). The number of guanidine groups is 1. The average Bonchev–Trinajstić information content (AvgIpc) is 2.72. The molecule has 0 unspecified atom stereocenters. The van der Waals surface area contributed by atoms with E-state index in [1.165, 1.54) is 0 Å². The number of nitrogens with zero attached hydrogens (tertiary/aromatic N) is 2. The fourth-order valence-electron chi connectivity index (χ4n) is 2.74. The minimum Gasteiger partial charge on any atom is -0.497 e. The molecule has 1 aromatic carbocycles. The molecule has 0 amide bonds. The molecular formula is C18H31IN4O4S2. The molecule has 1 aromatic rings. The molecule has 166 valence electrons. The second kappa shape index (κ2) is 13.4. The number of thioether (sulfide) groups is 1. The van der Waals surface area contributed by atoms with E-state index in [9.17, 15) is 8.42 Å². The smallest absolute Gasteiger partial charge is 0.215 e. The predicted octanol–water partition coefficient (Wildman–Crippen LogP) is 1.76. The molecule has 11 heteroatoms. The lowest BCUT2D eigenvalue weighted by molar-refractivity contribution is 0.391. The maximum atomic E-state index is 12.4. The summed E-state index contributed by atoms with van der Waals surface area (Å²) >= 11 is 1.79. The second-order valence-corrected chi connectivity index (χ2v) is 9.44. The summed E-state index contributed by atoms with van der Waals surface area (Å²) in [5.74, 6) is 3.76. The molecular weight excluding hydrogens is 527 g/mol. The van der Waals surface area contributed by atoms with Crippen LogP contribution in [-0.2, 0) is 16.6 Å². The van der Waals surface area contributed by atoms with Gasteiger partial charge in [-0.05, 0) is 19.1 Å². The zero-order valence-electron chi connectivity index (χ0n) is 17.1. The molecule has 0 spiro atoms. The van der Waals surface area contributed by atoms with Crippen molar-refractivity contribution in [3.8, 4) is 11.5 Å². The standard InChI is InChI=1S/C18H30N4O4S2.HI/c1-4-19-18(20-7-12-28(23,24)22-8-10-27-11-9-22)21-14-15-5-6-16(25-2)13-17(15)26-3;/h5-6,13H,4,7-12,14H2,1-3H3,(H2,19,20,21);1H. The molecule has 8 nitrogen and oxygen atoms in total. The first-order valence-electron chi connectivity index (χ1n) is 9.28. The van der Waals surface area contributed by atoms with E-state index in [-0.39, 0.29) is 29.7 Å². The Morgan fingerprint density at radius 2 is 1.93 bits per heavy atom. The SMILES string of the molecule is CCNC(=NCc1ccc(OC)cc1OC)NCCS(=O)(=O)N1CCSCC1.I. The van der Waals surface area contributed by atoms with Crippen LogP contribution in [0.2, 0.25) is 0 Å². The average molecular weight is 559 g/mol. The first kappa shape index (κ1) is 26.1. The van der Waals surface area contributed by atoms with Crippen LogP contribution in [0.1, 0.15) is 12.5 Å². The zero-order chi connectivity index (χ0) is 20.4. The van der Waals surface area contributed by atoms with Gasteiger partial charge in [0.25, 0.3) is 0 Å². The van der Waals surface area contributed by atoms with Gasteiger partial charge in [0.2, 0.25) is 10.0 Å². The molecule has 1 saturated heterocycles. The number of halogens is 1. The number of sulfonamides is 1. The van der Waals surface area contributed by atoms with Crippen LogP contribution in [0, 0.1) is 0 Å². The summed E-state index contributed by atoms with van der Waals surface area (Å²) in [5.41, 5.74) is 0.916. The van der Waals surface area contributed by atoms with E-state index in [4.69, 9.17) is 9.47 Å². The lowest BCUT2D eigenvalue weighted by Gasteiger charge is -2.25. The van der Waals surface area contributed by atoms with Gasteiger partial charge in [0.1, 0.15) is 11.5 Å². The van der Waals surface area contributed by atoms with Crippen LogP contribution in [-0.4, -0.2) is 76.3 Å². The largest absolute Gasteiger partial charge is 0.497 e. The summed E-state index contributed by atoms with van der Waals surface area (Å²) in [6, 6.07) is 5.58. The molecule has 0 bridgehead atoms. The van der Waals surface area contributed by atoms with E-state index in [1.54, 1.807) is 30.3 Å². The minimum absolute atomic E-state index is 0. The number of benzene rings is 1. The van der Waals surface area contributed by atoms with E-state index in [0.717, 1.165) is 22.8 Å². The molecule has 0 saturated carbocycles. The van der Waals surface area contributed by atoms with Gasteiger partial charge in [-0.25, -0.2) is 17.7 Å².